The molecule has 4 amide bonds. The number of hydrogen-bond acceptors (Lipinski definition) is 6. The average Bonchev–Trinajstić information content (AvgIpc) is 3.24. The summed E-state index contributed by atoms with van der Waals surface area (Å²) in [4.78, 5) is 58.4. The fourth-order valence-electron chi connectivity index (χ4n) is 6.37. The Morgan fingerprint density at radius 2 is 0.944 bits per heavy atom. The molecule has 5 aliphatic rings. The first-order valence-electron chi connectivity index (χ1n) is 13.2. The lowest BCUT2D eigenvalue weighted by Crippen LogP contribution is -2.47. The molecule has 0 saturated carbocycles. The number of halogens is 2. The van der Waals surface area contributed by atoms with Gasteiger partial charge in [0.05, 0.1) is 23.7 Å². The van der Waals surface area contributed by atoms with Gasteiger partial charge in [-0.2, -0.15) is 0 Å². The fraction of sp³-hybridized carbons (Fsp3) is 0.692. The van der Waals surface area contributed by atoms with Gasteiger partial charge in [0, 0.05) is 49.3 Å². The Balaban J connectivity index is 0.987. The molecule has 3 heterocycles. The lowest BCUT2D eigenvalue weighted by molar-refractivity contribution is -0.141. The molecular weight excluding hydrogens is 503 g/mol. The van der Waals surface area contributed by atoms with Gasteiger partial charge in [0.2, 0.25) is 23.6 Å². The minimum absolute atomic E-state index is 0.0381. The molecule has 8 nitrogen and oxygen atoms in total. The zero-order valence-electron chi connectivity index (χ0n) is 20.5. The molecule has 0 bridgehead atoms. The number of nitrogens with zero attached hydrogens (tertiary/aromatic N) is 4. The zero-order chi connectivity index (χ0) is 25.4. The van der Waals surface area contributed by atoms with Crippen LogP contribution in [0.15, 0.2) is 22.2 Å². The number of hydrogen-bond donors (Lipinski definition) is 0. The third-order valence-corrected chi connectivity index (χ3v) is 9.11. The Morgan fingerprint density at radius 3 is 1.33 bits per heavy atom. The van der Waals surface area contributed by atoms with Crippen molar-refractivity contribution in [2.24, 2.45) is 23.7 Å². The van der Waals surface area contributed by atoms with Crippen molar-refractivity contribution in [2.45, 2.75) is 38.5 Å². The normalized spacial score (nSPS) is 31.6. The molecule has 3 aliphatic heterocycles. The van der Waals surface area contributed by atoms with E-state index < -0.39 is 0 Å². The van der Waals surface area contributed by atoms with Crippen molar-refractivity contribution in [3.63, 3.8) is 0 Å². The first-order chi connectivity index (χ1) is 17.3. The number of carbonyl (C=O) groups is 4. The third kappa shape index (κ3) is 5.15. The molecule has 3 saturated heterocycles. The minimum atomic E-state index is -0.275. The van der Waals surface area contributed by atoms with E-state index in [4.69, 9.17) is 23.2 Å². The first kappa shape index (κ1) is 25.9. The van der Waals surface area contributed by atoms with Crippen molar-refractivity contribution in [3.8, 4) is 0 Å². The molecule has 196 valence electrons. The van der Waals surface area contributed by atoms with Crippen LogP contribution in [0, 0.1) is 23.7 Å². The van der Waals surface area contributed by atoms with Crippen LogP contribution in [0.2, 0.25) is 0 Å². The Hall–Kier alpha value is -1.74. The summed E-state index contributed by atoms with van der Waals surface area (Å²) in [5, 5.41) is 1.38. The Kier molecular flexibility index (Phi) is 7.86. The molecule has 0 unspecified atom stereocenters. The van der Waals surface area contributed by atoms with E-state index in [1.807, 2.05) is 12.2 Å². The number of carbonyl (C=O) groups excluding carboxylic acids is 4. The summed E-state index contributed by atoms with van der Waals surface area (Å²) >= 11 is 12.2. The highest BCUT2D eigenvalue weighted by Crippen LogP contribution is 2.40. The summed E-state index contributed by atoms with van der Waals surface area (Å²) in [5.74, 6) is -1.20. The van der Waals surface area contributed by atoms with Crippen LogP contribution in [0.5, 0.6) is 0 Å². The molecule has 10 heteroatoms. The number of amides is 4. The van der Waals surface area contributed by atoms with Gasteiger partial charge in [-0.1, -0.05) is 35.4 Å². The molecule has 2 aliphatic carbocycles. The lowest BCUT2D eigenvalue weighted by atomic mass is 9.85. The van der Waals surface area contributed by atoms with Gasteiger partial charge >= 0.3 is 0 Å². The summed E-state index contributed by atoms with van der Waals surface area (Å²) in [6.07, 6.45) is 7.41. The van der Waals surface area contributed by atoms with Gasteiger partial charge in [0.1, 0.15) is 0 Å². The molecular formula is C26H34Cl2N4O4. The molecule has 0 aromatic carbocycles. The highest BCUT2D eigenvalue weighted by atomic mass is 35.5. The average molecular weight is 537 g/mol. The van der Waals surface area contributed by atoms with Crippen LogP contribution in [0.4, 0.5) is 0 Å². The molecule has 5 rings (SSSR count). The van der Waals surface area contributed by atoms with Crippen molar-refractivity contribution in [1.82, 2.24) is 19.6 Å². The van der Waals surface area contributed by atoms with Gasteiger partial charge in [-0.15, -0.1) is 0 Å². The van der Waals surface area contributed by atoms with E-state index in [0.717, 1.165) is 52.1 Å². The minimum Gasteiger partial charge on any atom is -0.301 e. The highest BCUT2D eigenvalue weighted by Gasteiger charge is 2.49. The van der Waals surface area contributed by atoms with Crippen LogP contribution in [0.3, 0.4) is 0 Å². The van der Waals surface area contributed by atoms with Gasteiger partial charge in [0.25, 0.3) is 0 Å². The second kappa shape index (κ2) is 10.9. The van der Waals surface area contributed by atoms with Gasteiger partial charge in [-0.25, -0.2) is 0 Å². The van der Waals surface area contributed by atoms with Crippen LogP contribution in [0.25, 0.3) is 0 Å². The summed E-state index contributed by atoms with van der Waals surface area (Å²) in [6.45, 7) is 6.40. The zero-order valence-corrected chi connectivity index (χ0v) is 22.1. The van der Waals surface area contributed by atoms with Gasteiger partial charge in [-0.05, 0) is 51.6 Å². The number of fused-ring (bicyclic) bond motifs is 2. The van der Waals surface area contributed by atoms with Gasteiger partial charge < -0.3 is 9.80 Å². The molecule has 36 heavy (non-hydrogen) atoms. The maximum Gasteiger partial charge on any atom is 0.233 e. The molecule has 0 aromatic rings. The maximum atomic E-state index is 12.7. The fourth-order valence-corrected chi connectivity index (χ4v) is 6.88. The van der Waals surface area contributed by atoms with E-state index >= 15 is 0 Å². The molecule has 0 spiro atoms. The summed E-state index contributed by atoms with van der Waals surface area (Å²) in [7, 11) is 0. The number of likely N-dealkylation sites (tertiary alicyclic amines) is 2. The Labute approximate surface area is 222 Å². The molecule has 0 N–H and O–H groups in total. The van der Waals surface area contributed by atoms with Crippen molar-refractivity contribution in [1.29, 1.82) is 0 Å². The molecule has 4 atom stereocenters. The van der Waals surface area contributed by atoms with Crippen LogP contribution >= 0.6 is 23.2 Å². The van der Waals surface area contributed by atoms with Crippen molar-refractivity contribution in [2.75, 3.05) is 52.4 Å². The Morgan fingerprint density at radius 1 is 0.583 bits per heavy atom. The molecule has 3 fully saturated rings. The third-order valence-electron chi connectivity index (χ3n) is 8.50. The van der Waals surface area contributed by atoms with E-state index in [0.29, 0.717) is 48.8 Å². The molecule has 0 radical (unpaired) electrons. The van der Waals surface area contributed by atoms with E-state index in [-0.39, 0.29) is 47.3 Å². The number of rotatable bonds is 8. The van der Waals surface area contributed by atoms with Crippen molar-refractivity contribution >= 4 is 46.8 Å². The predicted molar refractivity (Wildman–Crippen MR) is 136 cm³/mol. The highest BCUT2D eigenvalue weighted by molar-refractivity contribution is 6.30. The second-order valence-electron chi connectivity index (χ2n) is 10.7. The lowest BCUT2D eigenvalue weighted by Gasteiger charge is -2.35. The van der Waals surface area contributed by atoms with Crippen LogP contribution in [-0.4, -0.2) is 95.6 Å². The van der Waals surface area contributed by atoms with Gasteiger partial charge in [0.15, 0.2) is 0 Å². The van der Waals surface area contributed by atoms with Crippen molar-refractivity contribution in [3.05, 3.63) is 22.2 Å². The first-order valence-corrected chi connectivity index (χ1v) is 13.9. The van der Waals surface area contributed by atoms with Crippen LogP contribution in [0.1, 0.15) is 38.5 Å². The van der Waals surface area contributed by atoms with Crippen LogP contribution in [-0.2, 0) is 19.2 Å². The number of piperazine rings is 1. The maximum absolute atomic E-state index is 12.7. The van der Waals surface area contributed by atoms with E-state index in [2.05, 4.69) is 9.80 Å². The smallest absolute Gasteiger partial charge is 0.233 e. The number of imide groups is 2. The standard InChI is InChI=1S/C26H34Cl2N4O4/c27-17-3-5-19-21(15-17)25(35)31(23(19)33)9-1-7-29-11-13-30(14-12-29)8-2-10-32-24(34)20-6-4-18(28)16-22(20)26(32)36/h3-4,19-22H,1-2,5-16H2/t19-,20+,21+,22-. The van der Waals surface area contributed by atoms with Crippen molar-refractivity contribution < 1.29 is 19.2 Å². The van der Waals surface area contributed by atoms with E-state index in [1.54, 1.807) is 0 Å². The predicted octanol–water partition coefficient (Wildman–Crippen LogP) is 2.42. The summed E-state index contributed by atoms with van der Waals surface area (Å²) in [6, 6.07) is 0. The van der Waals surface area contributed by atoms with E-state index in [9.17, 15) is 19.2 Å². The second-order valence-corrected chi connectivity index (χ2v) is 11.6. The quantitative estimate of drug-likeness (QED) is 0.443. The van der Waals surface area contributed by atoms with E-state index in [1.165, 1.54) is 9.80 Å². The monoisotopic (exact) mass is 536 g/mol. The topological polar surface area (TPSA) is 81.2 Å². The summed E-state index contributed by atoms with van der Waals surface area (Å²) in [5.41, 5.74) is 0. The largest absolute Gasteiger partial charge is 0.301 e. The Bertz CT molecular complexity index is 912. The summed E-state index contributed by atoms with van der Waals surface area (Å²) < 4.78 is 0. The number of allylic oxidation sites excluding steroid dienone is 4. The molecule has 0 aromatic heterocycles. The SMILES string of the molecule is O=C1[C@H]2CC(Cl)=CC[C@H]2C(=O)N1CCCN1CCN(CCCN2C(=O)[C@H]3CC=C(Cl)C[C@H]3C2=O)CC1. The van der Waals surface area contributed by atoms with Gasteiger partial charge in [-0.3, -0.25) is 29.0 Å². The van der Waals surface area contributed by atoms with Crippen LogP contribution < -0.4 is 0 Å².